The van der Waals surface area contributed by atoms with Gasteiger partial charge in [0.05, 0.1) is 36.3 Å². The van der Waals surface area contributed by atoms with Gasteiger partial charge in [0.1, 0.15) is 83.7 Å². The number of phenolic OH excluding ortho intramolecular Hbond substituents is 3. The number of benzene rings is 5. The molecule has 18 atom stereocenters. The molecule has 2 fully saturated rings. The van der Waals surface area contributed by atoms with Crippen molar-refractivity contribution in [1.82, 2.24) is 37.2 Å². The molecule has 0 saturated carbocycles. The quantitative estimate of drug-likeness (QED) is 0.0732. The van der Waals surface area contributed by atoms with Crippen molar-refractivity contribution in [1.29, 1.82) is 0 Å². The van der Waals surface area contributed by atoms with E-state index in [0.29, 0.717) is 0 Å². The highest BCUT2D eigenvalue weighted by atomic mass is 35.5. The minimum Gasteiger partial charge on any atom is -0.508 e. The molecule has 5 aromatic rings. The summed E-state index contributed by atoms with van der Waals surface area (Å²) in [6.07, 6.45) is -18.6. The SMILES string of the molecule is CN[C@H](CC(C)C)C(=O)N[C@H]1C(=O)N[C@@H](CC(N)=O)C(=O)N[C@H]2C(=O)N[C@H]3C(=O)N[C@H](C(=O)N[C@H](C(=O)O)c4cc(O)cc(O)c4-c4cc3ccc4O)[C@H](O)c3ccc(c(Cl)c3)Cc3cc2cc(c3O[C@@H]2O[C@H](CO)[C@@H](O)[C@H](O)[C@H]2O[C@H]2C[C@](C)(N)[C@H](O)[C@H](C)O2)Oc2ccc(cc2Cl)[C@H]1O. The highest BCUT2D eigenvalue weighted by Crippen LogP contribution is 2.47. The zero-order chi connectivity index (χ0) is 73.5. The van der Waals surface area contributed by atoms with Gasteiger partial charge in [-0.05, 0) is 110 Å². The Morgan fingerprint density at radius 2 is 1.40 bits per heavy atom. The standard InChI is InChI=1S/C67H77Cl2N9O23/c1-24(2)12-37(72-5)59(89)77-50-53(85)29-9-11-41(36(69)17-29)98-42-18-30-14-31(56(42)101-66-57(55(87)54(86)43(23-79)99-66)100-45-22-67(4,71)58(88)25(3)97-45)13-26-6-7-28(16-35(26)68)52(84)51-64(94)76-49(65(95)96)34-19-32(80)20-40(82)46(34)33-15-27(8-10-39(33)81)47(61(91)78-51)75-62(92)48(30)74-60(90)38(21-44(70)83)73-63(50)93/h6-11,14-20,24-25,37-38,43,45,47-55,57-58,66,72,79-82,84-88H,12-13,21-23,71H2,1-5H3,(H2,70,83)(H,73,93)(H,74,90)(H,75,92)(H,76,94)(H,77,89)(H,78,91)(H,95,96)/t25-,37+,38-,43+,45-,47+,48+,49-,50+,51-,52+,53+,54+,55-,57+,58+,66-,67-/m0/s1. The zero-order valence-electron chi connectivity index (χ0n) is 54.6. The summed E-state index contributed by atoms with van der Waals surface area (Å²) in [6, 6.07) is 0.510. The molecule has 0 aromatic heterocycles. The number of amides is 7. The maximum Gasteiger partial charge on any atom is 0.330 e. The van der Waals surface area contributed by atoms with Gasteiger partial charge in [-0.2, -0.15) is 0 Å². The molecule has 0 spiro atoms. The number of carbonyl (C=O) groups excluding carboxylic acids is 7. The molecule has 7 aliphatic rings. The summed E-state index contributed by atoms with van der Waals surface area (Å²) in [4.78, 5) is 117. The van der Waals surface area contributed by atoms with E-state index >= 15 is 14.4 Å². The lowest BCUT2D eigenvalue weighted by Gasteiger charge is -2.47. The number of primary amides is 1. The Bertz CT molecular complexity index is 4070. The third-order valence-electron chi connectivity index (χ3n) is 18.2. The van der Waals surface area contributed by atoms with Crippen LogP contribution in [0.25, 0.3) is 11.1 Å². The average molecular weight is 1450 g/mol. The summed E-state index contributed by atoms with van der Waals surface area (Å²) in [7, 11) is 1.48. The maximum absolute atomic E-state index is 16.1. The molecule has 34 heteroatoms. The largest absolute Gasteiger partial charge is 0.508 e. The molecule has 0 unspecified atom stereocenters. The Labute approximate surface area is 585 Å². The first-order valence-corrected chi connectivity index (χ1v) is 32.7. The lowest BCUT2D eigenvalue weighted by Crippen LogP contribution is -2.64. The van der Waals surface area contributed by atoms with Crippen LogP contribution in [0.3, 0.4) is 0 Å². The summed E-state index contributed by atoms with van der Waals surface area (Å²) >= 11 is 14.3. The number of aromatic hydroxyl groups is 3. The van der Waals surface area contributed by atoms with E-state index in [2.05, 4.69) is 37.2 Å². The first-order valence-electron chi connectivity index (χ1n) is 31.9. The van der Waals surface area contributed by atoms with Gasteiger partial charge in [0, 0.05) is 51.7 Å². The molecule has 21 N–H and O–H groups in total. The lowest BCUT2D eigenvalue weighted by atomic mass is 9.86. The first-order chi connectivity index (χ1) is 47.7. The summed E-state index contributed by atoms with van der Waals surface area (Å²) in [6.45, 7) is 5.74. The molecule has 7 amide bonds. The summed E-state index contributed by atoms with van der Waals surface area (Å²) in [5.74, 6) is -14.3. The molecule has 7 heterocycles. The molecule has 7 aliphatic heterocycles. The van der Waals surface area contributed by atoms with E-state index in [-0.39, 0.29) is 67.9 Å². The third kappa shape index (κ3) is 15.9. The number of hydrogen-bond acceptors (Lipinski definition) is 24. The molecule has 101 heavy (non-hydrogen) atoms. The van der Waals surface area contributed by atoms with Crippen molar-refractivity contribution in [3.63, 3.8) is 0 Å². The molecule has 0 radical (unpaired) electrons. The molecule has 32 nitrogen and oxygen atoms in total. The van der Waals surface area contributed by atoms with Crippen LogP contribution in [0.5, 0.6) is 34.5 Å². The molecule has 12 rings (SSSR count). The highest BCUT2D eigenvalue weighted by molar-refractivity contribution is 6.32. The van der Waals surface area contributed by atoms with E-state index in [0.717, 1.165) is 42.5 Å². The van der Waals surface area contributed by atoms with Crippen LogP contribution in [0, 0.1) is 5.92 Å². The molecular formula is C67H77Cl2N9O23. The van der Waals surface area contributed by atoms with Crippen LogP contribution in [-0.4, -0.2) is 191 Å². The molecule has 2 saturated heterocycles. The van der Waals surface area contributed by atoms with Crippen molar-refractivity contribution in [2.75, 3.05) is 13.7 Å². The van der Waals surface area contributed by atoms with Crippen molar-refractivity contribution in [2.45, 2.75) is 163 Å². The van der Waals surface area contributed by atoms with E-state index in [1.54, 1.807) is 0 Å². The second kappa shape index (κ2) is 30.3. The number of nitrogens with two attached hydrogens (primary N) is 2. The van der Waals surface area contributed by atoms with Crippen molar-refractivity contribution >= 4 is 70.5 Å². The Morgan fingerprint density at radius 1 is 0.733 bits per heavy atom. The van der Waals surface area contributed by atoms with Gasteiger partial charge in [-0.3, -0.25) is 33.6 Å². The maximum atomic E-state index is 16.1. The number of fused-ring (bicyclic) bond motifs is 15. The predicted molar refractivity (Wildman–Crippen MR) is 352 cm³/mol. The van der Waals surface area contributed by atoms with Crippen LogP contribution < -0.4 is 58.2 Å². The van der Waals surface area contributed by atoms with Crippen molar-refractivity contribution in [3.8, 4) is 45.6 Å². The summed E-state index contributed by atoms with van der Waals surface area (Å²) < 4.78 is 32.0. The second-order valence-electron chi connectivity index (χ2n) is 26.1. The molecule has 542 valence electrons. The smallest absolute Gasteiger partial charge is 0.330 e. The van der Waals surface area contributed by atoms with Crippen LogP contribution in [0.2, 0.25) is 10.0 Å². The number of rotatable bonds is 13. The number of carbonyl (C=O) groups is 8. The van der Waals surface area contributed by atoms with Gasteiger partial charge in [0.15, 0.2) is 29.9 Å². The lowest BCUT2D eigenvalue weighted by molar-refractivity contribution is -0.333. The topological polar surface area (TPSA) is 521 Å². The van der Waals surface area contributed by atoms with Crippen molar-refractivity contribution in [3.05, 3.63) is 128 Å². The molecule has 0 aliphatic carbocycles. The van der Waals surface area contributed by atoms with Crippen LogP contribution in [-0.2, 0) is 59.0 Å². The normalized spacial score (nSPS) is 29.5. The first kappa shape index (κ1) is 74.7. The number of halogens is 2. The van der Waals surface area contributed by atoms with Gasteiger partial charge in [-0.1, -0.05) is 61.3 Å². The number of ether oxygens (including phenoxy) is 5. The van der Waals surface area contributed by atoms with Gasteiger partial charge in [0.25, 0.3) is 0 Å². The number of aliphatic carboxylic acids is 1. The predicted octanol–water partition coefficient (Wildman–Crippen LogP) is -0.0953. The molecule has 11 bridgehead atoms. The minimum atomic E-state index is -2.27. The zero-order valence-corrected chi connectivity index (χ0v) is 56.1. The van der Waals surface area contributed by atoms with Gasteiger partial charge in [0.2, 0.25) is 47.6 Å². The van der Waals surface area contributed by atoms with Gasteiger partial charge in [-0.25, -0.2) is 4.79 Å². The molecule has 5 aromatic carbocycles. The number of likely N-dealkylation sites (N-methyl/N-ethyl adjacent to an activating group) is 1. The Morgan fingerprint density at radius 3 is 2.05 bits per heavy atom. The number of aliphatic hydroxyl groups is 6. The second-order valence-corrected chi connectivity index (χ2v) is 26.9. The van der Waals surface area contributed by atoms with Gasteiger partial charge >= 0.3 is 5.97 Å². The van der Waals surface area contributed by atoms with Crippen molar-refractivity contribution < 1.29 is 113 Å². The molecular weight excluding hydrogens is 1370 g/mol. The number of phenols is 3. The van der Waals surface area contributed by atoms with E-state index in [4.69, 9.17) is 58.4 Å². The number of aliphatic hydroxyl groups excluding tert-OH is 6. The highest BCUT2D eigenvalue weighted by Gasteiger charge is 2.51. The Hall–Kier alpha value is -9.00. The van der Waals surface area contributed by atoms with Crippen LogP contribution in [0.1, 0.15) is 116 Å². The Balaban J connectivity index is 1.24. The third-order valence-corrected chi connectivity index (χ3v) is 18.8. The average Bonchev–Trinajstić information content (AvgIpc) is 0.775. The van der Waals surface area contributed by atoms with Gasteiger partial charge in [-0.15, -0.1) is 0 Å². The van der Waals surface area contributed by atoms with Crippen LogP contribution in [0.15, 0.2) is 78.9 Å². The van der Waals surface area contributed by atoms with E-state index in [1.165, 1.54) is 57.3 Å². The van der Waals surface area contributed by atoms with E-state index in [9.17, 15) is 75.0 Å². The Kier molecular flexibility index (Phi) is 22.4. The van der Waals surface area contributed by atoms with E-state index in [1.807, 2.05) is 13.8 Å². The van der Waals surface area contributed by atoms with Crippen LogP contribution in [0.4, 0.5) is 0 Å². The fourth-order valence-corrected chi connectivity index (χ4v) is 13.3. The summed E-state index contributed by atoms with van der Waals surface area (Å²) in [5, 5.41) is 131. The monoisotopic (exact) mass is 1450 g/mol. The van der Waals surface area contributed by atoms with Crippen molar-refractivity contribution in [2.24, 2.45) is 17.4 Å². The minimum absolute atomic E-state index is 0.0897. The van der Waals surface area contributed by atoms with Crippen LogP contribution >= 0.6 is 23.2 Å². The fraction of sp³-hybridized carbons (Fsp3) is 0.433. The fourth-order valence-electron chi connectivity index (χ4n) is 12.8. The number of carboxylic acids is 1. The number of nitrogens with one attached hydrogen (secondary N) is 7. The van der Waals surface area contributed by atoms with E-state index < -0.39 is 221 Å². The number of carboxylic acid groups (broad SMARTS) is 1. The number of hydrogen-bond donors (Lipinski definition) is 19. The summed E-state index contributed by atoms with van der Waals surface area (Å²) in [5.41, 5.74) is 8.34. The van der Waals surface area contributed by atoms with Gasteiger partial charge < -0.3 is 123 Å².